The Kier molecular flexibility index (Phi) is 3.74. The van der Waals surface area contributed by atoms with Crippen molar-refractivity contribution in [2.24, 2.45) is 0 Å². The van der Waals surface area contributed by atoms with E-state index in [4.69, 9.17) is 10.00 Å². The topological polar surface area (TPSA) is 75.0 Å². The molecule has 0 unspecified atom stereocenters. The number of rotatable bonds is 3. The molecule has 0 aliphatic heterocycles. The minimum atomic E-state index is -0.192. The van der Waals surface area contributed by atoms with E-state index in [-0.39, 0.29) is 11.6 Å². The van der Waals surface area contributed by atoms with E-state index in [0.717, 1.165) is 0 Å². The molecule has 0 aliphatic rings. The Morgan fingerprint density at radius 3 is 2.74 bits per heavy atom. The van der Waals surface area contributed by atoms with Crippen LogP contribution in [-0.2, 0) is 4.79 Å². The van der Waals surface area contributed by atoms with Gasteiger partial charge in [-0.15, -0.1) is 0 Å². The number of nitrogens with zero attached hydrogens (tertiary/aromatic N) is 2. The van der Waals surface area contributed by atoms with Gasteiger partial charge in [0.1, 0.15) is 6.07 Å². The first kappa shape index (κ1) is 12.6. The Balaban J connectivity index is 2.33. The lowest BCUT2D eigenvalue weighted by atomic mass is 10.3. The van der Waals surface area contributed by atoms with Gasteiger partial charge in [0.15, 0.2) is 17.2 Å². The van der Waals surface area contributed by atoms with Gasteiger partial charge in [-0.25, -0.2) is 4.98 Å². The van der Waals surface area contributed by atoms with Gasteiger partial charge in [0.2, 0.25) is 5.91 Å². The summed E-state index contributed by atoms with van der Waals surface area (Å²) >= 11 is 0. The van der Waals surface area contributed by atoms with E-state index in [9.17, 15) is 4.79 Å². The molecule has 0 fully saturated rings. The molecule has 0 saturated carbocycles. The number of anilines is 1. The van der Waals surface area contributed by atoms with Crippen LogP contribution >= 0.6 is 0 Å². The number of amides is 1. The van der Waals surface area contributed by atoms with Gasteiger partial charge < -0.3 is 10.1 Å². The Hall–Kier alpha value is -2.87. The number of nitriles is 1. The molecule has 0 atom stereocenters. The molecule has 1 aromatic heterocycles. The first-order valence-corrected chi connectivity index (χ1v) is 5.60. The van der Waals surface area contributed by atoms with Gasteiger partial charge in [0.25, 0.3) is 0 Å². The van der Waals surface area contributed by atoms with E-state index in [0.29, 0.717) is 17.2 Å². The van der Waals surface area contributed by atoms with Crippen LogP contribution in [0.3, 0.4) is 0 Å². The Morgan fingerprint density at radius 2 is 2.00 bits per heavy atom. The number of carbonyl (C=O) groups excluding carboxylic acids is 1. The van der Waals surface area contributed by atoms with Crippen LogP contribution in [-0.4, -0.2) is 10.9 Å². The number of hydrogen-bond acceptors (Lipinski definition) is 4. The molecule has 0 bridgehead atoms. The molecule has 2 rings (SSSR count). The van der Waals surface area contributed by atoms with Crippen LogP contribution < -0.4 is 10.1 Å². The molecule has 1 N–H and O–H groups in total. The molecular formula is C14H11N3O2. The van der Waals surface area contributed by atoms with Crippen molar-refractivity contribution in [2.75, 3.05) is 5.32 Å². The van der Waals surface area contributed by atoms with Crippen molar-refractivity contribution >= 4 is 11.6 Å². The number of aromatic nitrogens is 1. The highest BCUT2D eigenvalue weighted by Gasteiger charge is 2.09. The standard InChI is InChI=1S/C14H11N3O2/c1-10(18)17-11-5-2-3-6-13(11)19-14-7-4-8-16-12(14)9-15/h2-8H,1H3,(H,17,18). The van der Waals surface area contributed by atoms with Gasteiger partial charge in [-0.1, -0.05) is 12.1 Å². The number of benzene rings is 1. The SMILES string of the molecule is CC(=O)Nc1ccccc1Oc1cccnc1C#N. The van der Waals surface area contributed by atoms with Crippen LogP contribution in [0.2, 0.25) is 0 Å². The van der Waals surface area contributed by atoms with Crippen molar-refractivity contribution in [3.63, 3.8) is 0 Å². The van der Waals surface area contributed by atoms with Crippen LogP contribution in [0.1, 0.15) is 12.6 Å². The molecule has 1 amide bonds. The summed E-state index contributed by atoms with van der Waals surface area (Å²) in [6.07, 6.45) is 1.52. The molecule has 19 heavy (non-hydrogen) atoms. The lowest BCUT2D eigenvalue weighted by Gasteiger charge is -2.11. The number of pyridine rings is 1. The molecule has 2 aromatic rings. The van der Waals surface area contributed by atoms with Crippen molar-refractivity contribution in [3.05, 3.63) is 48.3 Å². The van der Waals surface area contributed by atoms with Crippen LogP contribution in [0.15, 0.2) is 42.6 Å². The second-order valence-electron chi connectivity index (χ2n) is 3.74. The molecule has 0 aliphatic carbocycles. The van der Waals surface area contributed by atoms with E-state index >= 15 is 0 Å². The van der Waals surface area contributed by atoms with Gasteiger partial charge in [0.05, 0.1) is 5.69 Å². The predicted octanol–water partition coefficient (Wildman–Crippen LogP) is 2.70. The zero-order valence-electron chi connectivity index (χ0n) is 10.3. The van der Waals surface area contributed by atoms with Crippen molar-refractivity contribution < 1.29 is 9.53 Å². The molecule has 5 heteroatoms. The maximum Gasteiger partial charge on any atom is 0.221 e. The summed E-state index contributed by atoms with van der Waals surface area (Å²) in [5.74, 6) is 0.618. The van der Waals surface area contributed by atoms with E-state index in [2.05, 4.69) is 10.3 Å². The molecule has 0 saturated heterocycles. The largest absolute Gasteiger partial charge is 0.452 e. The zero-order chi connectivity index (χ0) is 13.7. The maximum atomic E-state index is 11.1. The third kappa shape index (κ3) is 3.07. The van der Waals surface area contributed by atoms with E-state index in [1.165, 1.54) is 13.1 Å². The van der Waals surface area contributed by atoms with Crippen molar-refractivity contribution in [3.8, 4) is 17.6 Å². The lowest BCUT2D eigenvalue weighted by molar-refractivity contribution is -0.114. The van der Waals surface area contributed by atoms with Gasteiger partial charge >= 0.3 is 0 Å². The molecule has 5 nitrogen and oxygen atoms in total. The normalized spacial score (nSPS) is 9.47. The molecule has 1 aromatic carbocycles. The van der Waals surface area contributed by atoms with Crippen molar-refractivity contribution in [2.45, 2.75) is 6.92 Å². The van der Waals surface area contributed by atoms with Gasteiger partial charge in [-0.3, -0.25) is 4.79 Å². The molecule has 0 spiro atoms. The number of ether oxygens (including phenoxy) is 1. The van der Waals surface area contributed by atoms with Gasteiger partial charge in [0, 0.05) is 13.1 Å². The van der Waals surface area contributed by atoms with Crippen LogP contribution in [0, 0.1) is 11.3 Å². The van der Waals surface area contributed by atoms with Crippen LogP contribution in [0.5, 0.6) is 11.5 Å². The van der Waals surface area contributed by atoms with E-state index in [1.807, 2.05) is 6.07 Å². The summed E-state index contributed by atoms with van der Waals surface area (Å²) in [4.78, 5) is 15.0. The fourth-order valence-electron chi connectivity index (χ4n) is 1.52. The first-order valence-electron chi connectivity index (χ1n) is 5.60. The minimum Gasteiger partial charge on any atom is -0.452 e. The fourth-order valence-corrected chi connectivity index (χ4v) is 1.52. The average molecular weight is 253 g/mol. The summed E-state index contributed by atoms with van der Waals surface area (Å²) in [6.45, 7) is 1.42. The van der Waals surface area contributed by atoms with Crippen molar-refractivity contribution in [1.82, 2.24) is 4.98 Å². The van der Waals surface area contributed by atoms with Crippen LogP contribution in [0.4, 0.5) is 5.69 Å². The summed E-state index contributed by atoms with van der Waals surface area (Å²) in [6, 6.07) is 12.3. The number of nitrogens with one attached hydrogen (secondary N) is 1. The Labute approximate surface area is 110 Å². The van der Waals surface area contributed by atoms with Crippen LogP contribution in [0.25, 0.3) is 0 Å². The second kappa shape index (κ2) is 5.65. The smallest absolute Gasteiger partial charge is 0.221 e. The fraction of sp³-hybridized carbons (Fsp3) is 0.0714. The Bertz CT molecular complexity index is 647. The number of para-hydroxylation sites is 2. The lowest BCUT2D eigenvalue weighted by Crippen LogP contribution is -2.06. The molecule has 0 radical (unpaired) electrons. The third-order valence-electron chi connectivity index (χ3n) is 2.29. The van der Waals surface area contributed by atoms with Gasteiger partial charge in [-0.2, -0.15) is 5.26 Å². The Morgan fingerprint density at radius 1 is 1.26 bits per heavy atom. The van der Waals surface area contributed by atoms with E-state index in [1.54, 1.807) is 36.4 Å². The minimum absolute atomic E-state index is 0.192. The third-order valence-corrected chi connectivity index (χ3v) is 2.29. The number of hydrogen-bond donors (Lipinski definition) is 1. The first-order chi connectivity index (χ1) is 9.20. The zero-order valence-corrected chi connectivity index (χ0v) is 10.3. The summed E-state index contributed by atoms with van der Waals surface area (Å²) in [7, 11) is 0. The molecule has 94 valence electrons. The summed E-state index contributed by atoms with van der Waals surface area (Å²) in [5.41, 5.74) is 0.739. The van der Waals surface area contributed by atoms with Crippen molar-refractivity contribution in [1.29, 1.82) is 5.26 Å². The predicted molar refractivity (Wildman–Crippen MR) is 69.8 cm³/mol. The highest BCUT2D eigenvalue weighted by Crippen LogP contribution is 2.30. The average Bonchev–Trinajstić information content (AvgIpc) is 2.41. The quantitative estimate of drug-likeness (QED) is 0.912. The second-order valence-corrected chi connectivity index (χ2v) is 3.74. The monoisotopic (exact) mass is 253 g/mol. The van der Waals surface area contributed by atoms with E-state index < -0.39 is 0 Å². The summed E-state index contributed by atoms with van der Waals surface area (Å²) < 4.78 is 5.63. The highest BCUT2D eigenvalue weighted by molar-refractivity contribution is 5.90. The highest BCUT2D eigenvalue weighted by atomic mass is 16.5. The molecule has 1 heterocycles. The molecular weight excluding hydrogens is 242 g/mol. The van der Waals surface area contributed by atoms with Gasteiger partial charge in [-0.05, 0) is 24.3 Å². The summed E-state index contributed by atoms with van der Waals surface area (Å²) in [5, 5.41) is 11.6. The number of carbonyl (C=O) groups is 1. The maximum absolute atomic E-state index is 11.1.